The molecule has 1 unspecified atom stereocenters. The number of fused-ring (bicyclic) bond motifs is 3. The Bertz CT molecular complexity index is 2040. The minimum atomic E-state index is -3.11. The molecule has 11 nitrogen and oxygen atoms in total. The van der Waals surface area contributed by atoms with Gasteiger partial charge in [0.1, 0.15) is 22.3 Å². The van der Waals surface area contributed by atoms with E-state index in [4.69, 9.17) is 42.1 Å². The molecule has 1 aliphatic carbocycles. The minimum absolute atomic E-state index is 0.000663. The van der Waals surface area contributed by atoms with Crippen molar-refractivity contribution >= 4 is 41.0 Å². The largest absolute Gasteiger partial charge is 0.619 e. The van der Waals surface area contributed by atoms with Gasteiger partial charge in [0.25, 0.3) is 5.91 Å². The second-order valence-corrected chi connectivity index (χ2v) is 15.1. The number of halogens is 4. The van der Waals surface area contributed by atoms with E-state index in [-0.39, 0.29) is 69.2 Å². The van der Waals surface area contributed by atoms with E-state index in [2.05, 4.69) is 10.2 Å². The SMILES string of the molecule is O=C(NC(C(=O)O[C@H]1CN2CCC1CC2)c1ccccc1)c1cccc(C(=O)O[C@@H](Cc2c(Cl)c[n+]([O-])cc2Cl)c2ccc(OC(F)F)c(OCC3CC3)c2)c1. The van der Waals surface area contributed by atoms with Crippen molar-refractivity contribution in [3.63, 3.8) is 0 Å². The number of benzene rings is 3. The number of carbonyl (C=O) groups excluding carboxylic acids is 3. The Labute approximate surface area is 332 Å². The number of carbonyl (C=O) groups is 3. The zero-order valence-corrected chi connectivity index (χ0v) is 31.6. The molecule has 1 saturated carbocycles. The zero-order chi connectivity index (χ0) is 39.3. The zero-order valence-electron chi connectivity index (χ0n) is 30.1. The lowest BCUT2D eigenvalue weighted by Crippen LogP contribution is -2.52. The van der Waals surface area contributed by atoms with Gasteiger partial charge in [-0.3, -0.25) is 9.69 Å². The second kappa shape index (κ2) is 17.4. The van der Waals surface area contributed by atoms with Crippen LogP contribution in [0.4, 0.5) is 8.78 Å². The van der Waals surface area contributed by atoms with Gasteiger partial charge in [-0.25, -0.2) is 9.59 Å². The van der Waals surface area contributed by atoms with Gasteiger partial charge < -0.3 is 29.5 Å². The van der Waals surface area contributed by atoms with E-state index in [1.165, 1.54) is 42.5 Å². The number of aromatic nitrogens is 1. The average Bonchev–Trinajstić information content (AvgIpc) is 4.03. The van der Waals surface area contributed by atoms with Gasteiger partial charge in [-0.1, -0.05) is 65.7 Å². The van der Waals surface area contributed by atoms with E-state index >= 15 is 0 Å². The van der Waals surface area contributed by atoms with Crippen LogP contribution in [0, 0.1) is 17.0 Å². The molecule has 3 atom stereocenters. The predicted octanol–water partition coefficient (Wildman–Crippen LogP) is 7.27. The molecule has 0 spiro atoms. The van der Waals surface area contributed by atoms with E-state index in [9.17, 15) is 28.4 Å². The standard InChI is InChI=1S/C41H39Cl2F2N3O8/c42-31-20-48(52)21-32(43)30(31)19-34(27-11-12-33(56-41(44)45)35(18-27)53-23-24-9-10-24)54-39(50)29-8-4-7-28(17-29)38(49)46-37(26-5-2-1-3-6-26)40(51)55-36-22-47-15-13-25(36)14-16-47/h1-8,11-12,17-18,20-21,24-25,34,36-37,41H,9-10,13-16,19,22-23H2,(H,46,49)/t34-,36-,37?/m0/s1. The van der Waals surface area contributed by atoms with Crippen molar-refractivity contribution in [1.82, 2.24) is 10.2 Å². The molecule has 0 radical (unpaired) electrons. The molecule has 4 fully saturated rings. The fourth-order valence-corrected chi connectivity index (χ4v) is 7.64. The molecular formula is C41H39Cl2F2N3O8. The van der Waals surface area contributed by atoms with Crippen molar-refractivity contribution in [2.24, 2.45) is 11.8 Å². The van der Waals surface area contributed by atoms with Gasteiger partial charge in [0, 0.05) is 24.1 Å². The number of piperidine rings is 3. The number of esters is 2. The van der Waals surface area contributed by atoms with Crippen molar-refractivity contribution < 1.29 is 46.8 Å². The van der Waals surface area contributed by atoms with Gasteiger partial charge in [-0.15, -0.1) is 0 Å². The van der Waals surface area contributed by atoms with E-state index in [1.54, 1.807) is 30.3 Å². The fourth-order valence-electron chi connectivity index (χ4n) is 7.05. The molecule has 4 heterocycles. The quantitative estimate of drug-likeness (QED) is 0.0749. The molecular weight excluding hydrogens is 771 g/mol. The fraction of sp³-hybridized carbons (Fsp3) is 0.366. The molecule has 4 aromatic rings. The first-order chi connectivity index (χ1) is 27.0. The van der Waals surface area contributed by atoms with Crippen LogP contribution in [0.2, 0.25) is 10.0 Å². The van der Waals surface area contributed by atoms with Crippen LogP contribution in [0.1, 0.15) is 75.2 Å². The molecule has 15 heteroatoms. The normalized spacial score (nSPS) is 19.8. The molecule has 56 heavy (non-hydrogen) atoms. The molecule has 8 rings (SSSR count). The Morgan fingerprint density at radius 2 is 1.59 bits per heavy atom. The van der Waals surface area contributed by atoms with Gasteiger partial charge in [-0.05, 0) is 92.1 Å². The van der Waals surface area contributed by atoms with Crippen LogP contribution < -0.4 is 19.5 Å². The summed E-state index contributed by atoms with van der Waals surface area (Å²) in [6.45, 7) is -0.220. The van der Waals surface area contributed by atoms with Gasteiger partial charge >= 0.3 is 18.6 Å². The summed E-state index contributed by atoms with van der Waals surface area (Å²) in [6, 6.07) is 17.6. The number of nitrogens with one attached hydrogen (secondary N) is 1. The van der Waals surface area contributed by atoms with Gasteiger partial charge in [0.2, 0.25) is 0 Å². The average molecular weight is 811 g/mol. The summed E-state index contributed by atoms with van der Waals surface area (Å²) >= 11 is 12.8. The lowest BCUT2D eigenvalue weighted by Gasteiger charge is -2.44. The summed E-state index contributed by atoms with van der Waals surface area (Å²) in [7, 11) is 0. The van der Waals surface area contributed by atoms with E-state index in [0.29, 0.717) is 22.4 Å². The number of hydrogen-bond donors (Lipinski definition) is 1. The Kier molecular flexibility index (Phi) is 12.2. The highest BCUT2D eigenvalue weighted by molar-refractivity contribution is 6.35. The molecule has 3 aromatic carbocycles. The molecule has 3 saturated heterocycles. The maximum Gasteiger partial charge on any atom is 0.387 e. The first-order valence-corrected chi connectivity index (χ1v) is 19.1. The van der Waals surface area contributed by atoms with Crippen LogP contribution in [-0.2, 0) is 20.7 Å². The van der Waals surface area contributed by atoms with E-state index < -0.39 is 36.6 Å². The Morgan fingerprint density at radius 1 is 0.875 bits per heavy atom. The van der Waals surface area contributed by atoms with Crippen LogP contribution in [-0.4, -0.2) is 61.7 Å². The third-order valence-corrected chi connectivity index (χ3v) is 10.9. The number of pyridine rings is 1. The highest BCUT2D eigenvalue weighted by atomic mass is 35.5. The molecule has 1 aromatic heterocycles. The topological polar surface area (TPSA) is 130 Å². The summed E-state index contributed by atoms with van der Waals surface area (Å²) in [5.74, 6) is -1.66. The van der Waals surface area contributed by atoms with Crippen LogP contribution >= 0.6 is 23.2 Å². The summed E-state index contributed by atoms with van der Waals surface area (Å²) in [5, 5.41) is 14.8. The Balaban J connectivity index is 1.13. The molecule has 4 aliphatic rings. The number of hydrogen-bond acceptors (Lipinski definition) is 9. The molecule has 2 bridgehead atoms. The second-order valence-electron chi connectivity index (χ2n) is 14.2. The molecule has 1 amide bonds. The third kappa shape index (κ3) is 9.69. The third-order valence-electron chi connectivity index (χ3n) is 10.3. The summed E-state index contributed by atoms with van der Waals surface area (Å²) in [6.07, 6.45) is 4.47. The number of nitrogens with zero attached hydrogens (tertiary/aromatic N) is 2. The first-order valence-electron chi connectivity index (χ1n) is 18.4. The van der Waals surface area contributed by atoms with Crippen molar-refractivity contribution in [2.75, 3.05) is 26.2 Å². The van der Waals surface area contributed by atoms with Crippen molar-refractivity contribution in [3.05, 3.63) is 128 Å². The Hall–Kier alpha value is -4.98. The van der Waals surface area contributed by atoms with Crippen LogP contribution in [0.5, 0.6) is 11.5 Å². The van der Waals surface area contributed by atoms with Gasteiger partial charge in [0.15, 0.2) is 29.9 Å². The van der Waals surface area contributed by atoms with Gasteiger partial charge in [0.05, 0.1) is 12.2 Å². The number of alkyl halides is 2. The van der Waals surface area contributed by atoms with E-state index in [0.717, 1.165) is 51.2 Å². The highest BCUT2D eigenvalue weighted by Gasteiger charge is 2.38. The summed E-state index contributed by atoms with van der Waals surface area (Å²) in [4.78, 5) is 43.6. The molecule has 1 N–H and O–H groups in total. The summed E-state index contributed by atoms with van der Waals surface area (Å²) < 4.78 is 49.6. The van der Waals surface area contributed by atoms with Crippen molar-refractivity contribution in [1.29, 1.82) is 0 Å². The number of ether oxygens (including phenoxy) is 4. The van der Waals surface area contributed by atoms with Crippen molar-refractivity contribution in [3.8, 4) is 11.5 Å². The maximum absolute atomic E-state index is 13.9. The lowest BCUT2D eigenvalue weighted by atomic mass is 9.86. The van der Waals surface area contributed by atoms with Gasteiger partial charge in [-0.2, -0.15) is 13.5 Å². The monoisotopic (exact) mass is 809 g/mol. The number of rotatable bonds is 15. The Morgan fingerprint density at radius 3 is 2.25 bits per heavy atom. The van der Waals surface area contributed by atoms with Crippen LogP contribution in [0.15, 0.2) is 85.2 Å². The predicted molar refractivity (Wildman–Crippen MR) is 201 cm³/mol. The molecule has 294 valence electrons. The minimum Gasteiger partial charge on any atom is -0.619 e. The summed E-state index contributed by atoms with van der Waals surface area (Å²) in [5.41, 5.74) is 1.23. The van der Waals surface area contributed by atoms with Crippen LogP contribution in [0.25, 0.3) is 0 Å². The smallest absolute Gasteiger partial charge is 0.387 e. The first kappa shape index (κ1) is 39.3. The lowest BCUT2D eigenvalue weighted by molar-refractivity contribution is -0.605. The molecule has 3 aliphatic heterocycles. The maximum atomic E-state index is 13.9. The van der Waals surface area contributed by atoms with Crippen molar-refractivity contribution in [2.45, 2.75) is 57.0 Å². The van der Waals surface area contributed by atoms with Crippen LogP contribution in [0.3, 0.4) is 0 Å². The number of amides is 1. The van der Waals surface area contributed by atoms with E-state index in [1.807, 2.05) is 0 Å². The highest BCUT2D eigenvalue weighted by Crippen LogP contribution is 2.38.